The highest BCUT2D eigenvalue weighted by molar-refractivity contribution is 5.98. The molecule has 2 aliphatic rings. The number of carbonyl (C=O) groups is 2. The largest absolute Gasteiger partial charge is 0.361 e. The van der Waals surface area contributed by atoms with Gasteiger partial charge in [0.25, 0.3) is 5.91 Å². The molecule has 36 heavy (non-hydrogen) atoms. The molecule has 7 nitrogen and oxygen atoms in total. The summed E-state index contributed by atoms with van der Waals surface area (Å²) in [6, 6.07) is 15.8. The van der Waals surface area contributed by atoms with E-state index in [1.54, 1.807) is 23.1 Å². The van der Waals surface area contributed by atoms with Crippen LogP contribution in [0.2, 0.25) is 0 Å². The van der Waals surface area contributed by atoms with Gasteiger partial charge in [-0.25, -0.2) is 4.39 Å². The monoisotopic (exact) mass is 490 g/mol. The van der Waals surface area contributed by atoms with E-state index >= 15 is 0 Å². The van der Waals surface area contributed by atoms with E-state index in [1.807, 2.05) is 12.1 Å². The summed E-state index contributed by atoms with van der Waals surface area (Å²) >= 11 is 0. The van der Waals surface area contributed by atoms with Crippen LogP contribution in [0, 0.1) is 5.82 Å². The van der Waals surface area contributed by atoms with E-state index in [0.29, 0.717) is 25.1 Å². The lowest BCUT2D eigenvalue weighted by Crippen LogP contribution is -2.37. The highest BCUT2D eigenvalue weighted by Crippen LogP contribution is 2.23. The number of aromatic nitrogens is 1. The van der Waals surface area contributed by atoms with Crippen molar-refractivity contribution < 1.29 is 18.5 Å². The van der Waals surface area contributed by atoms with Gasteiger partial charge in [-0.1, -0.05) is 35.8 Å². The molecule has 0 radical (unpaired) electrons. The molecule has 3 heterocycles. The Morgan fingerprint density at radius 1 is 1.00 bits per heavy atom. The van der Waals surface area contributed by atoms with Crippen LogP contribution in [-0.2, 0) is 24.2 Å². The fourth-order valence-corrected chi connectivity index (χ4v) is 4.93. The maximum atomic E-state index is 13.1. The van der Waals surface area contributed by atoms with E-state index in [2.05, 4.69) is 27.5 Å². The molecule has 1 unspecified atom stereocenters. The van der Waals surface area contributed by atoms with Gasteiger partial charge in [0, 0.05) is 37.7 Å². The number of nitrogens with zero attached hydrogens (tertiary/aromatic N) is 3. The van der Waals surface area contributed by atoms with Crippen LogP contribution in [0.15, 0.2) is 59.1 Å². The maximum absolute atomic E-state index is 13.1. The number of piperidine rings is 1. The van der Waals surface area contributed by atoms with Crippen LogP contribution >= 0.6 is 0 Å². The number of hydrogen-bond acceptors (Lipinski definition) is 5. The molecule has 0 saturated carbocycles. The Balaban J connectivity index is 1.12. The van der Waals surface area contributed by atoms with E-state index in [4.69, 9.17) is 4.52 Å². The minimum Gasteiger partial charge on any atom is -0.361 e. The van der Waals surface area contributed by atoms with Crippen LogP contribution in [0.5, 0.6) is 0 Å². The van der Waals surface area contributed by atoms with Gasteiger partial charge in [0.1, 0.15) is 11.6 Å². The van der Waals surface area contributed by atoms with Crippen molar-refractivity contribution in [1.29, 1.82) is 0 Å². The normalized spacial score (nSPS) is 18.5. The number of hydrogen-bond donors (Lipinski definition) is 1. The second-order valence-electron chi connectivity index (χ2n) is 9.69. The van der Waals surface area contributed by atoms with Crippen molar-refractivity contribution in [3.63, 3.8) is 0 Å². The summed E-state index contributed by atoms with van der Waals surface area (Å²) in [7, 11) is 0. The van der Waals surface area contributed by atoms with Crippen molar-refractivity contribution in [2.24, 2.45) is 0 Å². The van der Waals surface area contributed by atoms with Gasteiger partial charge in [0.05, 0.1) is 6.04 Å². The zero-order valence-electron chi connectivity index (χ0n) is 20.3. The van der Waals surface area contributed by atoms with Gasteiger partial charge in [-0.2, -0.15) is 0 Å². The third-order valence-electron chi connectivity index (χ3n) is 6.93. The van der Waals surface area contributed by atoms with Gasteiger partial charge in [0.15, 0.2) is 5.69 Å². The molecule has 2 fully saturated rings. The van der Waals surface area contributed by atoms with E-state index < -0.39 is 0 Å². The topological polar surface area (TPSA) is 78.7 Å². The molecule has 3 aromatic rings. The first-order valence-corrected chi connectivity index (χ1v) is 12.7. The van der Waals surface area contributed by atoms with Gasteiger partial charge >= 0.3 is 0 Å². The maximum Gasteiger partial charge on any atom is 0.273 e. The van der Waals surface area contributed by atoms with Gasteiger partial charge in [0.2, 0.25) is 5.91 Å². The van der Waals surface area contributed by atoms with Crippen LogP contribution in [0.3, 0.4) is 0 Å². The van der Waals surface area contributed by atoms with E-state index in [-0.39, 0.29) is 35.8 Å². The molecule has 1 atom stereocenters. The Labute approximate surface area is 210 Å². The highest BCUT2D eigenvalue weighted by Gasteiger charge is 2.32. The van der Waals surface area contributed by atoms with Crippen LogP contribution in [0.25, 0.3) is 0 Å². The number of amides is 2. The van der Waals surface area contributed by atoms with Crippen LogP contribution in [-0.4, -0.2) is 47.5 Å². The van der Waals surface area contributed by atoms with Crippen molar-refractivity contribution >= 4 is 17.5 Å². The van der Waals surface area contributed by atoms with Gasteiger partial charge in [-0.3, -0.25) is 14.5 Å². The number of anilines is 1. The second-order valence-corrected chi connectivity index (χ2v) is 9.69. The van der Waals surface area contributed by atoms with Gasteiger partial charge < -0.3 is 14.7 Å². The number of carbonyl (C=O) groups excluding carboxylic acids is 2. The number of rotatable bonds is 8. The summed E-state index contributed by atoms with van der Waals surface area (Å²) in [5, 5.41) is 6.80. The summed E-state index contributed by atoms with van der Waals surface area (Å²) in [6.45, 7) is 3.66. The molecule has 0 bridgehead atoms. The fraction of sp³-hybridized carbons (Fsp3) is 0.393. The third-order valence-corrected chi connectivity index (χ3v) is 6.93. The molecule has 2 aromatic carbocycles. The SMILES string of the molecule is O=C(NC1CC(=O)N(c2ccc(CN3CCCCC3)cc2)C1)c1cc(CCc2ccc(F)cc2)on1. The van der Waals surface area contributed by atoms with Crippen LogP contribution < -0.4 is 10.2 Å². The summed E-state index contributed by atoms with van der Waals surface area (Å²) in [4.78, 5) is 29.6. The summed E-state index contributed by atoms with van der Waals surface area (Å²) in [5.41, 5.74) is 3.27. The Kier molecular flexibility index (Phi) is 7.41. The van der Waals surface area contributed by atoms with E-state index in [9.17, 15) is 14.0 Å². The molecule has 8 heteroatoms. The van der Waals surface area contributed by atoms with Crippen molar-refractivity contribution in [1.82, 2.24) is 15.4 Å². The highest BCUT2D eigenvalue weighted by atomic mass is 19.1. The smallest absolute Gasteiger partial charge is 0.273 e. The van der Waals surface area contributed by atoms with Crippen molar-refractivity contribution in [2.75, 3.05) is 24.5 Å². The zero-order valence-corrected chi connectivity index (χ0v) is 20.3. The summed E-state index contributed by atoms with van der Waals surface area (Å²) in [5.74, 6) is -0.0584. The van der Waals surface area contributed by atoms with Crippen molar-refractivity contribution in [3.8, 4) is 0 Å². The molecular formula is C28H31FN4O3. The van der Waals surface area contributed by atoms with Crippen molar-refractivity contribution in [2.45, 2.75) is 51.1 Å². The van der Waals surface area contributed by atoms with E-state index in [1.165, 1.54) is 37.0 Å². The second kappa shape index (κ2) is 11.0. The first-order chi connectivity index (χ1) is 17.5. The molecule has 5 rings (SSSR count). The quantitative estimate of drug-likeness (QED) is 0.514. The van der Waals surface area contributed by atoms with Crippen molar-refractivity contribution in [3.05, 3.63) is 83.0 Å². The average Bonchev–Trinajstić information content (AvgIpc) is 3.51. The molecular weight excluding hydrogens is 459 g/mol. The number of aryl methyl sites for hydroxylation is 2. The predicted octanol–water partition coefficient (Wildman–Crippen LogP) is 4.12. The molecule has 0 aliphatic carbocycles. The standard InChI is InChI=1S/C28H31FN4O3/c29-22-9-4-20(5-10-22)8-13-25-17-26(31-36-25)28(35)30-23-16-27(34)33(19-23)24-11-6-21(7-12-24)18-32-14-2-1-3-15-32/h4-7,9-12,17,23H,1-3,8,13-16,18-19H2,(H,30,35). The molecule has 0 spiro atoms. The molecule has 2 aliphatic heterocycles. The Bertz CT molecular complexity index is 1190. The molecule has 2 saturated heterocycles. The van der Waals surface area contributed by atoms with E-state index in [0.717, 1.165) is 30.9 Å². The molecule has 2 amide bonds. The Morgan fingerprint density at radius 3 is 2.47 bits per heavy atom. The first kappa shape index (κ1) is 24.2. The minimum atomic E-state index is -0.358. The molecule has 1 aromatic heterocycles. The lowest BCUT2D eigenvalue weighted by molar-refractivity contribution is -0.117. The molecule has 1 N–H and O–H groups in total. The Hall–Kier alpha value is -3.52. The number of nitrogens with one attached hydrogen (secondary N) is 1. The average molecular weight is 491 g/mol. The summed E-state index contributed by atoms with van der Waals surface area (Å²) in [6.07, 6.45) is 5.29. The van der Waals surface area contributed by atoms with Gasteiger partial charge in [-0.15, -0.1) is 0 Å². The lowest BCUT2D eigenvalue weighted by Gasteiger charge is -2.26. The molecule has 188 valence electrons. The zero-order chi connectivity index (χ0) is 24.9. The van der Waals surface area contributed by atoms with Gasteiger partial charge in [-0.05, 0) is 67.7 Å². The number of likely N-dealkylation sites (tertiary alicyclic amines) is 1. The fourth-order valence-electron chi connectivity index (χ4n) is 4.93. The number of benzene rings is 2. The predicted molar refractivity (Wildman–Crippen MR) is 134 cm³/mol. The summed E-state index contributed by atoms with van der Waals surface area (Å²) < 4.78 is 18.4. The minimum absolute atomic E-state index is 0.00998. The van der Waals surface area contributed by atoms with Crippen LogP contribution in [0.4, 0.5) is 10.1 Å². The Morgan fingerprint density at radius 2 is 1.72 bits per heavy atom. The number of halogens is 1. The van der Waals surface area contributed by atoms with Crippen LogP contribution in [0.1, 0.15) is 53.1 Å². The first-order valence-electron chi connectivity index (χ1n) is 12.7. The lowest BCUT2D eigenvalue weighted by atomic mass is 10.1. The third kappa shape index (κ3) is 5.99.